The van der Waals surface area contributed by atoms with Gasteiger partial charge in [-0.05, 0) is 12.1 Å². The van der Waals surface area contributed by atoms with Crippen molar-refractivity contribution in [2.24, 2.45) is 5.73 Å². The second-order valence-electron chi connectivity index (χ2n) is 3.91. The lowest BCUT2D eigenvalue weighted by molar-refractivity contribution is 0.0730. The lowest BCUT2D eigenvalue weighted by atomic mass is 10.2. The lowest BCUT2D eigenvalue weighted by Crippen LogP contribution is -2.40. The standard InChI is InChI=1S/C11H14N2O3S2/c12-11(17)9-2-1-3-10(8-9)18(14,15)13-4-6-16-7-5-13/h1-3,8H,4-7H2,(H2,12,17). The summed E-state index contributed by atoms with van der Waals surface area (Å²) >= 11 is 4.85. The van der Waals surface area contributed by atoms with Crippen molar-refractivity contribution in [3.05, 3.63) is 29.8 Å². The Hall–Kier alpha value is -1.02. The molecule has 7 heteroatoms. The van der Waals surface area contributed by atoms with Crippen LogP contribution in [0.1, 0.15) is 5.56 Å². The van der Waals surface area contributed by atoms with Gasteiger partial charge in [0, 0.05) is 18.7 Å². The SMILES string of the molecule is NC(=S)c1cccc(S(=O)(=O)N2CCOCC2)c1. The Morgan fingerprint density at radius 1 is 1.33 bits per heavy atom. The molecule has 0 unspecified atom stereocenters. The zero-order valence-electron chi connectivity index (χ0n) is 9.70. The number of hydrogen-bond acceptors (Lipinski definition) is 4. The normalized spacial score (nSPS) is 17.6. The van der Waals surface area contributed by atoms with Crippen molar-refractivity contribution in [2.75, 3.05) is 26.3 Å². The van der Waals surface area contributed by atoms with Crippen LogP contribution in [0.15, 0.2) is 29.2 Å². The van der Waals surface area contributed by atoms with Crippen molar-refractivity contribution in [2.45, 2.75) is 4.90 Å². The molecule has 0 bridgehead atoms. The van der Waals surface area contributed by atoms with E-state index in [2.05, 4.69) is 0 Å². The summed E-state index contributed by atoms with van der Waals surface area (Å²) in [6, 6.07) is 6.39. The highest BCUT2D eigenvalue weighted by Crippen LogP contribution is 2.18. The maximum absolute atomic E-state index is 12.3. The van der Waals surface area contributed by atoms with Crippen molar-refractivity contribution in [1.82, 2.24) is 4.31 Å². The molecule has 0 radical (unpaired) electrons. The highest BCUT2D eigenvalue weighted by Gasteiger charge is 2.26. The van der Waals surface area contributed by atoms with Gasteiger partial charge in [0.2, 0.25) is 10.0 Å². The number of hydrogen-bond donors (Lipinski definition) is 1. The lowest BCUT2D eigenvalue weighted by Gasteiger charge is -2.26. The molecule has 2 rings (SSSR count). The second kappa shape index (κ2) is 5.31. The number of ether oxygens (including phenoxy) is 1. The van der Waals surface area contributed by atoms with E-state index >= 15 is 0 Å². The molecule has 0 saturated carbocycles. The fourth-order valence-corrected chi connectivity index (χ4v) is 3.33. The fraction of sp³-hybridized carbons (Fsp3) is 0.364. The third-order valence-corrected chi connectivity index (χ3v) is 4.86. The van der Waals surface area contributed by atoms with Crippen molar-refractivity contribution in [1.29, 1.82) is 0 Å². The molecule has 1 aromatic carbocycles. The summed E-state index contributed by atoms with van der Waals surface area (Å²) < 4.78 is 31.3. The minimum Gasteiger partial charge on any atom is -0.389 e. The molecular formula is C11H14N2O3S2. The largest absolute Gasteiger partial charge is 0.389 e. The Bertz CT molecular complexity index is 551. The van der Waals surface area contributed by atoms with Gasteiger partial charge in [0.05, 0.1) is 18.1 Å². The zero-order chi connectivity index (χ0) is 13.2. The van der Waals surface area contributed by atoms with Gasteiger partial charge in [-0.2, -0.15) is 4.31 Å². The Morgan fingerprint density at radius 3 is 2.61 bits per heavy atom. The monoisotopic (exact) mass is 286 g/mol. The maximum atomic E-state index is 12.3. The third kappa shape index (κ3) is 2.69. The van der Waals surface area contributed by atoms with Crippen LogP contribution < -0.4 is 5.73 Å². The summed E-state index contributed by atoms with van der Waals surface area (Å²) in [6.45, 7) is 1.60. The van der Waals surface area contributed by atoms with Gasteiger partial charge in [-0.3, -0.25) is 0 Å². The van der Waals surface area contributed by atoms with E-state index in [4.69, 9.17) is 22.7 Å². The van der Waals surface area contributed by atoms with Gasteiger partial charge in [-0.1, -0.05) is 24.4 Å². The van der Waals surface area contributed by atoms with Crippen LogP contribution in [-0.2, 0) is 14.8 Å². The molecule has 18 heavy (non-hydrogen) atoms. The summed E-state index contributed by atoms with van der Waals surface area (Å²) in [6.07, 6.45) is 0. The number of thiocarbonyl (C=S) groups is 1. The summed E-state index contributed by atoms with van der Waals surface area (Å²) in [7, 11) is -3.48. The highest BCUT2D eigenvalue weighted by molar-refractivity contribution is 7.89. The van der Waals surface area contributed by atoms with Gasteiger partial charge in [0.25, 0.3) is 0 Å². The van der Waals surface area contributed by atoms with Crippen molar-refractivity contribution >= 4 is 27.2 Å². The van der Waals surface area contributed by atoms with Crippen LogP contribution in [0.2, 0.25) is 0 Å². The average molecular weight is 286 g/mol. The van der Waals surface area contributed by atoms with Crippen molar-refractivity contribution < 1.29 is 13.2 Å². The van der Waals surface area contributed by atoms with E-state index in [1.54, 1.807) is 18.2 Å². The van der Waals surface area contributed by atoms with Crippen LogP contribution in [0.4, 0.5) is 0 Å². The van der Waals surface area contributed by atoms with Gasteiger partial charge in [-0.15, -0.1) is 0 Å². The molecule has 0 aromatic heterocycles. The first-order valence-electron chi connectivity index (χ1n) is 5.49. The van der Waals surface area contributed by atoms with Gasteiger partial charge >= 0.3 is 0 Å². The minimum atomic E-state index is -3.48. The molecule has 0 atom stereocenters. The summed E-state index contributed by atoms with van der Waals surface area (Å²) in [5.74, 6) is 0. The van der Waals surface area contributed by atoms with Crippen LogP contribution in [-0.4, -0.2) is 44.0 Å². The number of rotatable bonds is 3. The molecule has 2 N–H and O–H groups in total. The quantitative estimate of drug-likeness (QED) is 0.811. The predicted molar refractivity (Wildman–Crippen MR) is 71.9 cm³/mol. The van der Waals surface area contributed by atoms with E-state index in [9.17, 15) is 8.42 Å². The molecule has 0 amide bonds. The molecule has 1 fully saturated rings. The first kappa shape index (κ1) is 13.4. The summed E-state index contributed by atoms with van der Waals surface area (Å²) in [5, 5.41) is 0. The van der Waals surface area contributed by atoms with Crippen molar-refractivity contribution in [3.63, 3.8) is 0 Å². The number of benzene rings is 1. The molecule has 98 valence electrons. The zero-order valence-corrected chi connectivity index (χ0v) is 11.3. The Kier molecular flexibility index (Phi) is 3.96. The molecule has 5 nitrogen and oxygen atoms in total. The molecule has 1 saturated heterocycles. The minimum absolute atomic E-state index is 0.189. The topological polar surface area (TPSA) is 72.6 Å². The average Bonchev–Trinajstić information content (AvgIpc) is 2.40. The van der Waals surface area contributed by atoms with Gasteiger partial charge < -0.3 is 10.5 Å². The molecule has 1 aromatic rings. The molecule has 0 aliphatic carbocycles. The van der Waals surface area contributed by atoms with Crippen LogP contribution in [0.3, 0.4) is 0 Å². The Morgan fingerprint density at radius 2 is 2.00 bits per heavy atom. The van der Waals surface area contributed by atoms with E-state index in [0.29, 0.717) is 31.9 Å². The van der Waals surface area contributed by atoms with E-state index < -0.39 is 10.0 Å². The summed E-state index contributed by atoms with van der Waals surface area (Å²) in [4.78, 5) is 0.406. The Labute approximate surface area is 112 Å². The number of morpholine rings is 1. The van der Waals surface area contributed by atoms with Crippen LogP contribution in [0.25, 0.3) is 0 Å². The van der Waals surface area contributed by atoms with Crippen LogP contribution in [0, 0.1) is 0 Å². The van der Waals surface area contributed by atoms with Gasteiger partial charge in [0.15, 0.2) is 0 Å². The fourth-order valence-electron chi connectivity index (χ4n) is 1.75. The third-order valence-electron chi connectivity index (χ3n) is 2.73. The Balaban J connectivity index is 2.34. The second-order valence-corrected chi connectivity index (χ2v) is 6.29. The highest BCUT2D eigenvalue weighted by atomic mass is 32.2. The van der Waals surface area contributed by atoms with E-state index in [0.717, 1.165) is 0 Å². The molecule has 0 spiro atoms. The molecule has 1 aliphatic heterocycles. The van der Waals surface area contributed by atoms with E-state index in [-0.39, 0.29) is 9.88 Å². The predicted octanol–water partition coefficient (Wildman–Crippen LogP) is 0.342. The van der Waals surface area contributed by atoms with Crippen LogP contribution >= 0.6 is 12.2 Å². The maximum Gasteiger partial charge on any atom is 0.243 e. The molecule has 1 heterocycles. The number of nitrogens with zero attached hydrogens (tertiary/aromatic N) is 1. The van der Waals surface area contributed by atoms with Gasteiger partial charge in [0.1, 0.15) is 4.99 Å². The van der Waals surface area contributed by atoms with Crippen LogP contribution in [0.5, 0.6) is 0 Å². The van der Waals surface area contributed by atoms with E-state index in [1.807, 2.05) is 0 Å². The van der Waals surface area contributed by atoms with Crippen molar-refractivity contribution in [3.8, 4) is 0 Å². The smallest absolute Gasteiger partial charge is 0.243 e. The first-order chi connectivity index (χ1) is 8.51. The molecule has 1 aliphatic rings. The summed E-state index contributed by atoms with van der Waals surface area (Å²) in [5.41, 5.74) is 6.06. The molecular weight excluding hydrogens is 272 g/mol. The van der Waals surface area contributed by atoms with E-state index in [1.165, 1.54) is 10.4 Å². The number of sulfonamides is 1. The first-order valence-corrected chi connectivity index (χ1v) is 7.34. The number of nitrogens with two attached hydrogens (primary N) is 1. The van der Waals surface area contributed by atoms with Gasteiger partial charge in [-0.25, -0.2) is 8.42 Å².